The maximum absolute atomic E-state index is 11.1. The van der Waals surface area contributed by atoms with Gasteiger partial charge in [0, 0.05) is 5.82 Å². The second-order valence-electron chi connectivity index (χ2n) is 4.76. The number of aliphatic carboxylic acids is 1. The molecule has 0 amide bonds. The average Bonchev–Trinajstić information content (AvgIpc) is 2.39. The van der Waals surface area contributed by atoms with Crippen LogP contribution < -0.4 is 0 Å². The van der Waals surface area contributed by atoms with Gasteiger partial charge >= 0.3 is 5.97 Å². The zero-order valence-electron chi connectivity index (χ0n) is 12.2. The van der Waals surface area contributed by atoms with Gasteiger partial charge in [-0.05, 0) is 12.2 Å². The van der Waals surface area contributed by atoms with Gasteiger partial charge in [0.15, 0.2) is 0 Å². The fourth-order valence-corrected chi connectivity index (χ4v) is 2.32. The molecule has 2 unspecified atom stereocenters. The van der Waals surface area contributed by atoms with Crippen LogP contribution in [0.4, 0.5) is 0 Å². The third-order valence-corrected chi connectivity index (χ3v) is 4.20. The highest BCUT2D eigenvalue weighted by Gasteiger charge is 2.28. The van der Waals surface area contributed by atoms with Gasteiger partial charge < -0.3 is 14.6 Å². The van der Waals surface area contributed by atoms with Gasteiger partial charge in [-0.25, -0.2) is 4.79 Å². The molecule has 2 radical (unpaired) electrons. The van der Waals surface area contributed by atoms with Gasteiger partial charge in [0.25, 0.3) is 20.2 Å². The summed E-state index contributed by atoms with van der Waals surface area (Å²) in [6, 6.07) is 0. The molecule has 0 fully saturated rings. The largest absolute Gasteiger partial charge is 0.497 e. The van der Waals surface area contributed by atoms with E-state index in [0.29, 0.717) is 0 Å². The normalized spacial score (nSPS) is 21.8. The number of carboxylic acid groups (broad SMARTS) is 1. The maximum Gasteiger partial charge on any atom is 0.335 e. The van der Waals surface area contributed by atoms with Crippen molar-refractivity contribution in [2.45, 2.75) is 11.9 Å². The number of rotatable bonds is 9. The smallest absolute Gasteiger partial charge is 0.335 e. The molecule has 0 heterocycles. The molecule has 1 aliphatic rings. The molecule has 134 valence electrons. The average molecular weight is 382 g/mol. The predicted octanol–water partition coefficient (Wildman–Crippen LogP) is -0.971. The molecular weight excluding hydrogens is 367 g/mol. The highest BCUT2D eigenvalue weighted by Crippen LogP contribution is 2.30. The van der Waals surface area contributed by atoms with Crippen molar-refractivity contribution in [2.24, 2.45) is 0 Å². The monoisotopic (exact) mass is 382 g/mol. The lowest BCUT2D eigenvalue weighted by Gasteiger charge is -2.28. The molecule has 1 aliphatic carbocycles. The van der Waals surface area contributed by atoms with Crippen LogP contribution in [0.3, 0.4) is 0 Å². The Morgan fingerprint density at radius 1 is 1.12 bits per heavy atom. The van der Waals surface area contributed by atoms with Gasteiger partial charge in [0.1, 0.15) is 12.4 Å². The first-order valence-electron chi connectivity index (χ1n) is 6.46. The number of hydrogen-bond donors (Lipinski definition) is 3. The van der Waals surface area contributed by atoms with Crippen molar-refractivity contribution in [3.63, 3.8) is 0 Å². The second kappa shape index (κ2) is 8.12. The number of ether oxygens (including phenoxy) is 2. The quantitative estimate of drug-likeness (QED) is 0.334. The van der Waals surface area contributed by atoms with Gasteiger partial charge in [-0.1, -0.05) is 0 Å². The van der Waals surface area contributed by atoms with E-state index in [-0.39, 0.29) is 11.3 Å². The molecule has 0 aromatic carbocycles. The van der Waals surface area contributed by atoms with Gasteiger partial charge in [0.05, 0.1) is 37.6 Å². The lowest BCUT2D eigenvalue weighted by atomic mass is 9.77. The highest BCUT2D eigenvalue weighted by atomic mass is 32.2. The summed E-state index contributed by atoms with van der Waals surface area (Å²) in [6.45, 7) is -0.915. The standard InChI is InChI=1S/C11H15BO10S2/c12-10-8(21-1-3-23(15,16)17)5-7(11(13)14)6-9(10)22-2-4-24(18,19)20/h5-6,8,10H,1-4H2,(H,13,14)(H,15,16,17)(H,18,19,20). The summed E-state index contributed by atoms with van der Waals surface area (Å²) >= 11 is 0. The van der Waals surface area contributed by atoms with Crippen molar-refractivity contribution < 1.29 is 45.3 Å². The number of carbonyl (C=O) groups is 1. The minimum atomic E-state index is -4.27. The van der Waals surface area contributed by atoms with Crippen LogP contribution in [0.2, 0.25) is 5.82 Å². The van der Waals surface area contributed by atoms with E-state index in [1.807, 2.05) is 0 Å². The van der Waals surface area contributed by atoms with Crippen LogP contribution >= 0.6 is 0 Å². The summed E-state index contributed by atoms with van der Waals surface area (Å²) in [5.41, 5.74) is -0.254. The molecule has 0 spiro atoms. The van der Waals surface area contributed by atoms with Crippen LogP contribution in [0.5, 0.6) is 0 Å². The van der Waals surface area contributed by atoms with E-state index < -0.39 is 62.8 Å². The van der Waals surface area contributed by atoms with Crippen LogP contribution in [0.1, 0.15) is 0 Å². The van der Waals surface area contributed by atoms with Crippen LogP contribution in [-0.2, 0) is 34.5 Å². The molecular formula is C11H15BO10S2. The van der Waals surface area contributed by atoms with E-state index in [0.717, 1.165) is 12.2 Å². The Bertz CT molecular complexity index is 737. The maximum atomic E-state index is 11.1. The summed E-state index contributed by atoms with van der Waals surface area (Å²) in [7, 11) is -2.72. The zero-order valence-corrected chi connectivity index (χ0v) is 13.9. The summed E-state index contributed by atoms with van der Waals surface area (Å²) in [6.07, 6.45) is 1.13. The van der Waals surface area contributed by atoms with Gasteiger partial charge in [-0.2, -0.15) is 16.8 Å². The lowest BCUT2D eigenvalue weighted by Crippen LogP contribution is -2.28. The fraction of sp³-hybridized carbons (Fsp3) is 0.545. The minimum absolute atomic E-state index is 0.101. The number of carboxylic acids is 1. The fourth-order valence-electron chi connectivity index (χ4n) is 1.72. The van der Waals surface area contributed by atoms with E-state index >= 15 is 0 Å². The third-order valence-electron chi connectivity index (χ3n) is 2.83. The second-order valence-corrected chi connectivity index (χ2v) is 7.90. The predicted molar refractivity (Wildman–Crippen MR) is 81.8 cm³/mol. The Hall–Kier alpha value is -1.41. The first-order chi connectivity index (χ1) is 10.9. The van der Waals surface area contributed by atoms with Gasteiger partial charge in [-0.15, -0.1) is 0 Å². The molecule has 24 heavy (non-hydrogen) atoms. The van der Waals surface area contributed by atoms with Gasteiger partial charge in [-0.3, -0.25) is 9.11 Å². The molecule has 10 nitrogen and oxygen atoms in total. The van der Waals surface area contributed by atoms with Gasteiger partial charge in [0.2, 0.25) is 0 Å². The van der Waals surface area contributed by atoms with E-state index in [2.05, 4.69) is 0 Å². The Labute approximate surface area is 140 Å². The van der Waals surface area contributed by atoms with E-state index in [1.54, 1.807) is 0 Å². The zero-order chi connectivity index (χ0) is 18.5. The molecule has 0 bridgehead atoms. The Morgan fingerprint density at radius 2 is 1.67 bits per heavy atom. The number of hydrogen-bond acceptors (Lipinski definition) is 7. The van der Waals surface area contributed by atoms with Crippen LogP contribution in [0, 0.1) is 0 Å². The summed E-state index contributed by atoms with van der Waals surface area (Å²) in [5.74, 6) is -3.90. The first-order valence-corrected chi connectivity index (χ1v) is 9.68. The van der Waals surface area contributed by atoms with Crippen molar-refractivity contribution in [3.8, 4) is 0 Å². The Kier molecular flexibility index (Phi) is 6.98. The van der Waals surface area contributed by atoms with E-state index in [9.17, 15) is 21.6 Å². The summed E-state index contributed by atoms with van der Waals surface area (Å²) in [4.78, 5) is 11.1. The van der Waals surface area contributed by atoms with Crippen LogP contribution in [-0.4, -0.2) is 75.7 Å². The summed E-state index contributed by atoms with van der Waals surface area (Å²) in [5, 5.41) is 9.03. The molecule has 2 atom stereocenters. The third kappa shape index (κ3) is 7.44. The molecule has 0 aromatic heterocycles. The van der Waals surface area contributed by atoms with E-state index in [4.69, 9.17) is 31.5 Å². The minimum Gasteiger partial charge on any atom is -0.497 e. The molecule has 3 N–H and O–H groups in total. The molecule has 0 aromatic rings. The summed E-state index contributed by atoms with van der Waals surface area (Å²) < 4.78 is 70.0. The SMILES string of the molecule is [B]C1C(OCCS(=O)(=O)O)=CC(C(=O)O)=CC1OCCS(=O)(=O)O. The Balaban J connectivity index is 2.80. The highest BCUT2D eigenvalue weighted by molar-refractivity contribution is 7.86. The molecule has 1 rings (SSSR count). The van der Waals surface area contributed by atoms with Crippen LogP contribution in [0.15, 0.2) is 23.5 Å². The molecule has 0 aliphatic heterocycles. The molecule has 0 saturated heterocycles. The van der Waals surface area contributed by atoms with Crippen molar-refractivity contribution in [1.82, 2.24) is 0 Å². The van der Waals surface area contributed by atoms with Crippen LogP contribution in [0.25, 0.3) is 0 Å². The topological polar surface area (TPSA) is 164 Å². The lowest BCUT2D eigenvalue weighted by molar-refractivity contribution is -0.132. The molecule has 13 heteroatoms. The molecule has 0 saturated carbocycles. The van der Waals surface area contributed by atoms with Crippen molar-refractivity contribution >= 4 is 34.1 Å². The van der Waals surface area contributed by atoms with E-state index in [1.165, 1.54) is 0 Å². The van der Waals surface area contributed by atoms with Crippen molar-refractivity contribution in [1.29, 1.82) is 0 Å². The van der Waals surface area contributed by atoms with Crippen molar-refractivity contribution in [3.05, 3.63) is 23.5 Å². The Morgan fingerprint density at radius 3 is 2.17 bits per heavy atom. The van der Waals surface area contributed by atoms with Crippen molar-refractivity contribution in [2.75, 3.05) is 24.7 Å². The first kappa shape index (κ1) is 20.6.